The summed E-state index contributed by atoms with van der Waals surface area (Å²) in [6.45, 7) is 3.66. The average molecular weight is 107 g/mol. The normalized spacial score (nSPS) is 15.5. The van der Waals surface area contributed by atoms with Crippen LogP contribution in [0.2, 0.25) is 0 Å². The van der Waals surface area contributed by atoms with Gasteiger partial charge < -0.3 is 0 Å². The van der Waals surface area contributed by atoms with Crippen LogP contribution >= 0.6 is 0 Å². The van der Waals surface area contributed by atoms with E-state index < -0.39 is 5.41 Å². The van der Waals surface area contributed by atoms with Crippen LogP contribution in [0.3, 0.4) is 0 Å². The van der Waals surface area contributed by atoms with Crippen molar-refractivity contribution in [3.8, 4) is 18.4 Å². The van der Waals surface area contributed by atoms with Crippen molar-refractivity contribution in [2.24, 2.45) is 5.41 Å². The van der Waals surface area contributed by atoms with Crippen molar-refractivity contribution in [2.45, 2.75) is 20.3 Å². The molecule has 0 aromatic heterocycles. The zero-order valence-corrected chi connectivity index (χ0v) is 5.23. The number of hydrogen-bond acceptors (Lipinski definition) is 1. The number of hydrogen-bond donors (Lipinski definition) is 0. The molecule has 0 aromatic rings. The topological polar surface area (TPSA) is 23.8 Å². The summed E-state index contributed by atoms with van der Waals surface area (Å²) in [7, 11) is 0. The fraction of sp³-hybridized carbons (Fsp3) is 0.571. The number of terminal acetylenes is 1. The van der Waals surface area contributed by atoms with Crippen molar-refractivity contribution in [3.63, 3.8) is 0 Å². The van der Waals surface area contributed by atoms with Crippen LogP contribution in [0.1, 0.15) is 20.3 Å². The molecule has 8 heavy (non-hydrogen) atoms. The fourth-order valence-electron chi connectivity index (χ4n) is 0.213. The van der Waals surface area contributed by atoms with Crippen molar-refractivity contribution in [1.29, 1.82) is 5.26 Å². The molecule has 1 nitrogen and oxygen atoms in total. The third-order valence-corrected chi connectivity index (χ3v) is 1.27. The average Bonchev–Trinajstić information content (AvgIpc) is 1.87. The van der Waals surface area contributed by atoms with E-state index in [1.54, 1.807) is 6.92 Å². The third kappa shape index (κ3) is 1.28. The Labute approximate surface area is 50.3 Å². The Balaban J connectivity index is 4.11. The van der Waals surface area contributed by atoms with Gasteiger partial charge in [-0.1, -0.05) is 12.8 Å². The molecule has 0 rings (SSSR count). The lowest BCUT2D eigenvalue weighted by Gasteiger charge is -2.07. The van der Waals surface area contributed by atoms with Gasteiger partial charge in [0.1, 0.15) is 5.41 Å². The van der Waals surface area contributed by atoms with Crippen molar-refractivity contribution >= 4 is 0 Å². The number of rotatable bonds is 1. The molecule has 0 amide bonds. The minimum absolute atomic E-state index is 0.542. The summed E-state index contributed by atoms with van der Waals surface area (Å²) in [5.41, 5.74) is -0.542. The first-order valence-electron chi connectivity index (χ1n) is 2.57. The van der Waals surface area contributed by atoms with Crippen LogP contribution in [0.15, 0.2) is 0 Å². The van der Waals surface area contributed by atoms with Gasteiger partial charge in [0.25, 0.3) is 0 Å². The molecule has 0 aliphatic carbocycles. The van der Waals surface area contributed by atoms with Crippen molar-refractivity contribution < 1.29 is 0 Å². The van der Waals surface area contributed by atoms with Crippen LogP contribution < -0.4 is 0 Å². The summed E-state index contributed by atoms with van der Waals surface area (Å²) < 4.78 is 0. The molecule has 0 aliphatic heterocycles. The minimum atomic E-state index is -0.542. The summed E-state index contributed by atoms with van der Waals surface area (Å²) in [6.07, 6.45) is 5.78. The molecule has 0 aromatic carbocycles. The maximum Gasteiger partial charge on any atom is 0.114 e. The maximum atomic E-state index is 8.39. The Morgan fingerprint density at radius 2 is 2.25 bits per heavy atom. The Morgan fingerprint density at radius 3 is 2.25 bits per heavy atom. The van der Waals surface area contributed by atoms with E-state index in [0.717, 1.165) is 6.42 Å². The minimum Gasteiger partial charge on any atom is -0.197 e. The van der Waals surface area contributed by atoms with Gasteiger partial charge in [-0.05, 0) is 13.3 Å². The van der Waals surface area contributed by atoms with Crippen LogP contribution in [0.5, 0.6) is 0 Å². The summed E-state index contributed by atoms with van der Waals surface area (Å²) in [6, 6.07) is 2.04. The Hall–Kier alpha value is -0.950. The Bertz CT molecular complexity index is 131. The molecule has 0 N–H and O–H groups in total. The molecule has 0 spiro atoms. The standard InChI is InChI=1S/C7H9N/c1-4-7(3,5-2)6-8/h1H,5H2,2-3H3. The first-order chi connectivity index (χ1) is 3.68. The van der Waals surface area contributed by atoms with E-state index in [1.165, 1.54) is 0 Å². The van der Waals surface area contributed by atoms with Gasteiger partial charge in [-0.3, -0.25) is 0 Å². The highest BCUT2D eigenvalue weighted by Crippen LogP contribution is 2.16. The highest BCUT2D eigenvalue weighted by molar-refractivity contribution is 5.14. The molecule has 0 saturated carbocycles. The number of nitriles is 1. The molecule has 1 heteroatoms. The highest BCUT2D eigenvalue weighted by atomic mass is 14.3. The van der Waals surface area contributed by atoms with Crippen LogP contribution in [-0.2, 0) is 0 Å². The fourth-order valence-corrected chi connectivity index (χ4v) is 0.213. The molecule has 0 radical (unpaired) electrons. The van der Waals surface area contributed by atoms with Crippen LogP contribution in [0.4, 0.5) is 0 Å². The van der Waals surface area contributed by atoms with E-state index in [4.69, 9.17) is 11.7 Å². The smallest absolute Gasteiger partial charge is 0.114 e. The summed E-state index contributed by atoms with van der Waals surface area (Å²) in [4.78, 5) is 0. The SMILES string of the molecule is C#CC(C)(C#N)CC. The molecular formula is C7H9N. The zero-order chi connectivity index (χ0) is 6.62. The zero-order valence-electron chi connectivity index (χ0n) is 5.23. The summed E-state index contributed by atoms with van der Waals surface area (Å²) in [5, 5.41) is 8.39. The van der Waals surface area contributed by atoms with Gasteiger partial charge in [-0.15, -0.1) is 6.42 Å². The summed E-state index contributed by atoms with van der Waals surface area (Å²) in [5.74, 6) is 2.42. The molecule has 0 aliphatic rings. The monoisotopic (exact) mass is 107 g/mol. The van der Waals surface area contributed by atoms with Gasteiger partial charge in [-0.2, -0.15) is 5.26 Å². The quantitative estimate of drug-likeness (QED) is 0.466. The molecule has 0 bridgehead atoms. The van der Waals surface area contributed by atoms with Gasteiger partial charge in [-0.25, -0.2) is 0 Å². The maximum absolute atomic E-state index is 8.39. The predicted octanol–water partition coefficient (Wildman–Crippen LogP) is 1.56. The Kier molecular flexibility index (Phi) is 2.10. The molecule has 0 heterocycles. The first-order valence-corrected chi connectivity index (χ1v) is 2.57. The molecule has 1 unspecified atom stereocenters. The van der Waals surface area contributed by atoms with E-state index in [2.05, 4.69) is 5.92 Å². The van der Waals surface area contributed by atoms with E-state index in [-0.39, 0.29) is 0 Å². The van der Waals surface area contributed by atoms with Gasteiger partial charge in [0.2, 0.25) is 0 Å². The second-order valence-corrected chi connectivity index (χ2v) is 1.94. The first kappa shape index (κ1) is 7.05. The van der Waals surface area contributed by atoms with Crippen LogP contribution in [0.25, 0.3) is 0 Å². The number of nitrogens with zero attached hydrogens (tertiary/aromatic N) is 1. The molecule has 0 saturated heterocycles. The van der Waals surface area contributed by atoms with Crippen molar-refractivity contribution in [1.82, 2.24) is 0 Å². The second kappa shape index (κ2) is 2.38. The molecule has 42 valence electrons. The highest BCUT2D eigenvalue weighted by Gasteiger charge is 2.15. The van der Waals surface area contributed by atoms with E-state index in [9.17, 15) is 0 Å². The van der Waals surface area contributed by atoms with Gasteiger partial charge >= 0.3 is 0 Å². The lowest BCUT2D eigenvalue weighted by Crippen LogP contribution is -2.07. The largest absolute Gasteiger partial charge is 0.197 e. The molecule has 0 fully saturated rings. The molecule has 1 atom stereocenters. The van der Waals surface area contributed by atoms with Crippen molar-refractivity contribution in [3.05, 3.63) is 0 Å². The summed E-state index contributed by atoms with van der Waals surface area (Å²) >= 11 is 0. The van der Waals surface area contributed by atoms with Gasteiger partial charge in [0, 0.05) is 0 Å². The predicted molar refractivity (Wildman–Crippen MR) is 32.8 cm³/mol. The van der Waals surface area contributed by atoms with Crippen molar-refractivity contribution in [2.75, 3.05) is 0 Å². The van der Waals surface area contributed by atoms with Gasteiger partial charge in [0.15, 0.2) is 0 Å². The van der Waals surface area contributed by atoms with Gasteiger partial charge in [0.05, 0.1) is 6.07 Å². The van der Waals surface area contributed by atoms with Crippen LogP contribution in [-0.4, -0.2) is 0 Å². The lowest BCUT2D eigenvalue weighted by atomic mass is 9.91. The lowest BCUT2D eigenvalue weighted by molar-refractivity contribution is 0.570. The van der Waals surface area contributed by atoms with E-state index in [1.807, 2.05) is 13.0 Å². The van der Waals surface area contributed by atoms with E-state index in [0.29, 0.717) is 0 Å². The Morgan fingerprint density at radius 1 is 1.75 bits per heavy atom. The van der Waals surface area contributed by atoms with E-state index >= 15 is 0 Å². The second-order valence-electron chi connectivity index (χ2n) is 1.94. The molecular weight excluding hydrogens is 98.1 g/mol. The third-order valence-electron chi connectivity index (χ3n) is 1.27. The van der Waals surface area contributed by atoms with Crippen LogP contribution in [0, 0.1) is 29.1 Å².